The van der Waals surface area contributed by atoms with Gasteiger partial charge in [0.15, 0.2) is 0 Å². The van der Waals surface area contributed by atoms with E-state index in [1.165, 1.54) is 6.07 Å². The van der Waals surface area contributed by atoms with Gasteiger partial charge in [-0.3, -0.25) is 10.1 Å². The maximum absolute atomic E-state index is 10.9. The van der Waals surface area contributed by atoms with E-state index in [4.69, 9.17) is 9.47 Å². The molecule has 0 spiro atoms. The van der Waals surface area contributed by atoms with E-state index in [-0.39, 0.29) is 5.00 Å². The van der Waals surface area contributed by atoms with Gasteiger partial charge in [-0.15, -0.1) is 0 Å². The van der Waals surface area contributed by atoms with Gasteiger partial charge in [-0.25, -0.2) is 0 Å². The first-order valence-corrected chi connectivity index (χ1v) is 7.77. The molecule has 1 aliphatic heterocycles. The molecule has 23 heavy (non-hydrogen) atoms. The molecule has 0 radical (unpaired) electrons. The molecule has 1 aromatic carbocycles. The minimum absolute atomic E-state index is 0.0814. The van der Waals surface area contributed by atoms with Crippen LogP contribution in [0.15, 0.2) is 24.3 Å². The molecule has 1 aromatic heterocycles. The Morgan fingerprint density at radius 2 is 1.96 bits per heavy atom. The number of β-amino-alcohol motifs (C(OH)–C–C–N with tert-alkyl or cyclic N) is 1. The van der Waals surface area contributed by atoms with Gasteiger partial charge in [-0.05, 0) is 29.5 Å². The van der Waals surface area contributed by atoms with Crippen molar-refractivity contribution in [3.63, 3.8) is 0 Å². The molecular formula is C15H16N2O5S. The highest BCUT2D eigenvalue weighted by molar-refractivity contribution is 7.19. The van der Waals surface area contributed by atoms with Crippen LogP contribution >= 0.6 is 11.3 Å². The van der Waals surface area contributed by atoms with E-state index < -0.39 is 11.0 Å². The Morgan fingerprint density at radius 1 is 1.26 bits per heavy atom. The molecular weight excluding hydrogens is 320 g/mol. The van der Waals surface area contributed by atoms with Crippen molar-refractivity contribution >= 4 is 21.3 Å². The van der Waals surface area contributed by atoms with Crippen LogP contribution in [-0.2, 0) is 6.54 Å². The Morgan fingerprint density at radius 3 is 2.57 bits per heavy atom. The summed E-state index contributed by atoms with van der Waals surface area (Å²) in [6.07, 6.45) is -0.759. The van der Waals surface area contributed by atoms with E-state index >= 15 is 0 Å². The van der Waals surface area contributed by atoms with Crippen LogP contribution in [0.3, 0.4) is 0 Å². The van der Waals surface area contributed by atoms with Crippen molar-refractivity contribution in [1.82, 2.24) is 0 Å². The Bertz CT molecular complexity index is 745. The van der Waals surface area contributed by atoms with Crippen LogP contribution in [0.25, 0.3) is 0 Å². The summed E-state index contributed by atoms with van der Waals surface area (Å²) < 4.78 is 10.7. The van der Waals surface area contributed by atoms with Crippen LogP contribution in [-0.4, -0.2) is 30.8 Å². The summed E-state index contributed by atoms with van der Waals surface area (Å²) >= 11 is 1.09. The first-order valence-electron chi connectivity index (χ1n) is 6.96. The molecule has 0 saturated heterocycles. The number of benzene rings is 1. The molecule has 0 amide bonds. The van der Waals surface area contributed by atoms with Crippen LogP contribution in [0.4, 0.5) is 10.0 Å². The minimum Gasteiger partial charge on any atom is -0.496 e. The molecule has 1 aliphatic rings. The quantitative estimate of drug-likeness (QED) is 0.682. The number of aliphatic hydroxyl groups is 1. The molecule has 0 fully saturated rings. The van der Waals surface area contributed by atoms with E-state index in [1.807, 2.05) is 4.90 Å². The third-order valence-corrected chi connectivity index (χ3v) is 4.96. The van der Waals surface area contributed by atoms with Crippen LogP contribution in [0.2, 0.25) is 0 Å². The summed E-state index contributed by atoms with van der Waals surface area (Å²) in [4.78, 5) is 12.4. The van der Waals surface area contributed by atoms with Crippen molar-refractivity contribution in [2.45, 2.75) is 12.6 Å². The second kappa shape index (κ2) is 6.05. The number of aliphatic hydroxyl groups excluding tert-OH is 1. The highest BCUT2D eigenvalue weighted by Crippen LogP contribution is 2.42. The van der Waals surface area contributed by atoms with Gasteiger partial charge >= 0.3 is 5.00 Å². The van der Waals surface area contributed by atoms with E-state index in [0.717, 1.165) is 21.9 Å². The van der Waals surface area contributed by atoms with E-state index in [9.17, 15) is 15.2 Å². The number of nitrogens with zero attached hydrogens (tertiary/aromatic N) is 2. The number of ether oxygens (including phenoxy) is 2. The van der Waals surface area contributed by atoms with E-state index in [1.54, 1.807) is 32.4 Å². The Balaban J connectivity index is 2.00. The molecule has 2 heterocycles. The van der Waals surface area contributed by atoms with Crippen molar-refractivity contribution in [2.75, 3.05) is 25.7 Å². The zero-order valence-electron chi connectivity index (χ0n) is 12.7. The average Bonchev–Trinajstić information content (AvgIpc) is 3.04. The van der Waals surface area contributed by atoms with Gasteiger partial charge in [0.1, 0.15) is 17.6 Å². The molecule has 122 valence electrons. The number of anilines is 1. The second-order valence-corrected chi connectivity index (χ2v) is 6.17. The third-order valence-electron chi connectivity index (χ3n) is 3.86. The summed E-state index contributed by atoms with van der Waals surface area (Å²) in [7, 11) is 3.13. The SMILES string of the molecule is COc1ccc(OC)c2c1CN(c1ccc([N+](=O)[O-])s1)CC2O. The van der Waals surface area contributed by atoms with Crippen molar-refractivity contribution in [1.29, 1.82) is 0 Å². The molecule has 1 unspecified atom stereocenters. The molecule has 3 rings (SSSR count). The maximum Gasteiger partial charge on any atom is 0.326 e. The summed E-state index contributed by atoms with van der Waals surface area (Å²) in [6, 6.07) is 6.75. The number of methoxy groups -OCH3 is 2. The number of fused-ring (bicyclic) bond motifs is 1. The fraction of sp³-hybridized carbons (Fsp3) is 0.333. The lowest BCUT2D eigenvalue weighted by molar-refractivity contribution is -0.380. The van der Waals surface area contributed by atoms with Crippen LogP contribution in [0, 0.1) is 10.1 Å². The third kappa shape index (κ3) is 2.71. The van der Waals surface area contributed by atoms with Crippen molar-refractivity contribution in [3.8, 4) is 11.5 Å². The monoisotopic (exact) mass is 336 g/mol. The number of thiophene rings is 1. The molecule has 0 bridgehead atoms. The molecule has 1 N–H and O–H groups in total. The average molecular weight is 336 g/mol. The molecule has 0 saturated carbocycles. The molecule has 2 aromatic rings. The zero-order valence-corrected chi connectivity index (χ0v) is 13.5. The Labute approximate surface area is 136 Å². The predicted molar refractivity (Wildman–Crippen MR) is 86.5 cm³/mol. The summed E-state index contributed by atoms with van der Waals surface area (Å²) in [5, 5.41) is 22.2. The minimum atomic E-state index is -0.759. The van der Waals surface area contributed by atoms with E-state index in [0.29, 0.717) is 30.2 Å². The number of hydrogen-bond donors (Lipinski definition) is 1. The first kappa shape index (κ1) is 15.6. The van der Waals surface area contributed by atoms with E-state index in [2.05, 4.69) is 0 Å². The number of rotatable bonds is 4. The first-order chi connectivity index (χ1) is 11.0. The van der Waals surface area contributed by atoms with Crippen molar-refractivity contribution in [3.05, 3.63) is 45.5 Å². The number of hydrogen-bond acceptors (Lipinski definition) is 7. The standard InChI is InChI=1S/C15H16N2O5S/c1-21-11-3-4-12(22-2)15-9(11)7-16(8-10(15)18)13-5-6-14(23-13)17(19)20/h3-6,10,18H,7-8H2,1-2H3. The van der Waals surface area contributed by atoms with Crippen LogP contribution in [0.5, 0.6) is 11.5 Å². The van der Waals surface area contributed by atoms with Crippen LogP contribution in [0.1, 0.15) is 17.2 Å². The maximum atomic E-state index is 10.9. The summed E-state index contributed by atoms with van der Waals surface area (Å²) in [6.45, 7) is 0.832. The fourth-order valence-corrected chi connectivity index (χ4v) is 3.66. The van der Waals surface area contributed by atoms with Crippen molar-refractivity contribution < 1.29 is 19.5 Å². The van der Waals surface area contributed by atoms with Crippen LogP contribution < -0.4 is 14.4 Å². The molecule has 7 nitrogen and oxygen atoms in total. The summed E-state index contributed by atoms with van der Waals surface area (Å²) in [5.74, 6) is 1.28. The van der Waals surface area contributed by atoms with Gasteiger partial charge in [0, 0.05) is 30.3 Å². The highest BCUT2D eigenvalue weighted by Gasteiger charge is 2.30. The normalized spacial score (nSPS) is 16.8. The largest absolute Gasteiger partial charge is 0.496 e. The molecule has 8 heteroatoms. The van der Waals surface area contributed by atoms with Gasteiger partial charge in [-0.2, -0.15) is 0 Å². The lowest BCUT2D eigenvalue weighted by atomic mass is 9.95. The Kier molecular flexibility index (Phi) is 4.10. The van der Waals surface area contributed by atoms with Gasteiger partial charge in [0.25, 0.3) is 0 Å². The molecule has 1 atom stereocenters. The highest BCUT2D eigenvalue weighted by atomic mass is 32.1. The van der Waals surface area contributed by atoms with Gasteiger partial charge in [-0.1, -0.05) is 0 Å². The van der Waals surface area contributed by atoms with Gasteiger partial charge in [0.2, 0.25) is 0 Å². The predicted octanol–water partition coefficient (Wildman–Crippen LogP) is 2.73. The Hall–Kier alpha value is -2.32. The molecule has 0 aliphatic carbocycles. The lowest BCUT2D eigenvalue weighted by Crippen LogP contribution is -2.33. The lowest BCUT2D eigenvalue weighted by Gasteiger charge is -2.34. The van der Waals surface area contributed by atoms with Gasteiger partial charge in [0.05, 0.1) is 24.1 Å². The fourth-order valence-electron chi connectivity index (χ4n) is 2.83. The van der Waals surface area contributed by atoms with Gasteiger partial charge < -0.3 is 19.5 Å². The summed E-state index contributed by atoms with van der Waals surface area (Å²) in [5.41, 5.74) is 1.55. The topological polar surface area (TPSA) is 85.1 Å². The smallest absolute Gasteiger partial charge is 0.326 e. The second-order valence-electron chi connectivity index (χ2n) is 5.13. The number of nitro groups is 1. The zero-order chi connectivity index (χ0) is 16.6. The van der Waals surface area contributed by atoms with Crippen molar-refractivity contribution in [2.24, 2.45) is 0 Å².